The molecular formula is C11H11NO3S. The summed E-state index contributed by atoms with van der Waals surface area (Å²) in [4.78, 5) is 15.4. The molecule has 0 saturated heterocycles. The number of aryl methyl sites for hydroxylation is 1. The second-order valence-electron chi connectivity index (χ2n) is 3.29. The van der Waals surface area contributed by atoms with Gasteiger partial charge in [0.05, 0.1) is 13.5 Å². The van der Waals surface area contributed by atoms with Gasteiger partial charge in [-0.25, -0.2) is 4.98 Å². The Morgan fingerprint density at radius 3 is 3.00 bits per heavy atom. The molecule has 0 unspecified atom stereocenters. The molecule has 0 saturated carbocycles. The number of nitrogens with zero attached hydrogens (tertiary/aromatic N) is 1. The summed E-state index contributed by atoms with van der Waals surface area (Å²) in [5.41, 5.74) is 0.761. The summed E-state index contributed by atoms with van der Waals surface area (Å²) < 4.78 is 10.0. The number of esters is 1. The van der Waals surface area contributed by atoms with E-state index in [4.69, 9.17) is 4.42 Å². The number of hydrogen-bond donors (Lipinski definition) is 0. The molecule has 0 aromatic carbocycles. The summed E-state index contributed by atoms with van der Waals surface area (Å²) in [7, 11) is 1.37. The first kappa shape index (κ1) is 10.9. The van der Waals surface area contributed by atoms with E-state index >= 15 is 0 Å². The van der Waals surface area contributed by atoms with E-state index in [0.717, 1.165) is 22.2 Å². The first-order valence-corrected chi connectivity index (χ1v) is 5.65. The normalized spacial score (nSPS) is 10.4. The van der Waals surface area contributed by atoms with Crippen molar-refractivity contribution in [3.05, 3.63) is 28.3 Å². The quantitative estimate of drug-likeness (QED) is 0.769. The van der Waals surface area contributed by atoms with Crippen LogP contribution in [0.5, 0.6) is 0 Å². The Kier molecular flexibility index (Phi) is 3.05. The monoisotopic (exact) mass is 237 g/mol. The van der Waals surface area contributed by atoms with Gasteiger partial charge in [0, 0.05) is 5.38 Å². The predicted octanol–water partition coefficient (Wildman–Crippen LogP) is 2.43. The molecule has 0 aliphatic rings. The van der Waals surface area contributed by atoms with Crippen LogP contribution in [0.2, 0.25) is 0 Å². The van der Waals surface area contributed by atoms with Crippen LogP contribution in [-0.4, -0.2) is 18.1 Å². The molecule has 0 amide bonds. The average Bonchev–Trinajstić information content (AvgIpc) is 2.87. The zero-order valence-corrected chi connectivity index (χ0v) is 9.84. The third kappa shape index (κ3) is 2.30. The van der Waals surface area contributed by atoms with Gasteiger partial charge in [-0.3, -0.25) is 4.79 Å². The van der Waals surface area contributed by atoms with Gasteiger partial charge in [-0.05, 0) is 19.1 Å². The van der Waals surface area contributed by atoms with Crippen molar-refractivity contribution in [1.29, 1.82) is 0 Å². The van der Waals surface area contributed by atoms with Gasteiger partial charge in [0.15, 0.2) is 5.76 Å². The number of ether oxygens (including phenoxy) is 1. The molecule has 0 aliphatic heterocycles. The molecule has 16 heavy (non-hydrogen) atoms. The number of hydrogen-bond acceptors (Lipinski definition) is 5. The number of methoxy groups -OCH3 is 1. The number of carbonyl (C=O) groups is 1. The van der Waals surface area contributed by atoms with E-state index in [0.29, 0.717) is 0 Å². The Hall–Kier alpha value is -1.62. The van der Waals surface area contributed by atoms with Crippen molar-refractivity contribution in [2.24, 2.45) is 0 Å². The molecule has 2 heterocycles. The van der Waals surface area contributed by atoms with E-state index < -0.39 is 0 Å². The second-order valence-corrected chi connectivity index (χ2v) is 4.23. The molecular weight excluding hydrogens is 226 g/mol. The molecule has 2 aromatic heterocycles. The van der Waals surface area contributed by atoms with Crippen molar-refractivity contribution >= 4 is 17.3 Å². The van der Waals surface area contributed by atoms with Crippen LogP contribution in [0, 0.1) is 6.92 Å². The topological polar surface area (TPSA) is 52.3 Å². The van der Waals surface area contributed by atoms with Gasteiger partial charge in [0.2, 0.25) is 0 Å². The van der Waals surface area contributed by atoms with Gasteiger partial charge in [-0.15, -0.1) is 11.3 Å². The van der Waals surface area contributed by atoms with E-state index in [1.165, 1.54) is 18.4 Å². The van der Waals surface area contributed by atoms with Crippen LogP contribution in [0.4, 0.5) is 0 Å². The summed E-state index contributed by atoms with van der Waals surface area (Å²) in [5.74, 6) is 1.29. The minimum atomic E-state index is -0.281. The SMILES string of the molecule is COC(=O)Cc1nc(-c2ccc(C)o2)cs1. The van der Waals surface area contributed by atoms with Crippen LogP contribution in [0.15, 0.2) is 21.9 Å². The van der Waals surface area contributed by atoms with Gasteiger partial charge < -0.3 is 9.15 Å². The van der Waals surface area contributed by atoms with Crippen molar-refractivity contribution in [3.8, 4) is 11.5 Å². The van der Waals surface area contributed by atoms with Crippen LogP contribution < -0.4 is 0 Å². The maximum absolute atomic E-state index is 11.1. The molecule has 2 rings (SSSR count). The molecule has 0 bridgehead atoms. The molecule has 0 aliphatic carbocycles. The molecule has 0 fully saturated rings. The molecule has 4 nitrogen and oxygen atoms in total. The standard InChI is InChI=1S/C11H11NO3S/c1-7-3-4-9(15-7)8-6-16-10(12-8)5-11(13)14-2/h3-4,6H,5H2,1-2H3. The highest BCUT2D eigenvalue weighted by Gasteiger charge is 2.10. The molecule has 2 aromatic rings. The smallest absolute Gasteiger partial charge is 0.312 e. The van der Waals surface area contributed by atoms with Crippen LogP contribution in [0.1, 0.15) is 10.8 Å². The van der Waals surface area contributed by atoms with Crippen molar-refractivity contribution < 1.29 is 13.9 Å². The van der Waals surface area contributed by atoms with Crippen LogP contribution >= 0.6 is 11.3 Å². The fourth-order valence-corrected chi connectivity index (χ4v) is 2.04. The van der Waals surface area contributed by atoms with Gasteiger partial charge in [0.25, 0.3) is 0 Å². The lowest BCUT2D eigenvalue weighted by Gasteiger charge is -1.93. The maximum atomic E-state index is 11.1. The van der Waals surface area contributed by atoms with E-state index in [9.17, 15) is 4.79 Å². The van der Waals surface area contributed by atoms with Gasteiger partial charge in [-0.2, -0.15) is 0 Å². The van der Waals surface area contributed by atoms with Gasteiger partial charge in [-0.1, -0.05) is 0 Å². The van der Waals surface area contributed by atoms with Gasteiger partial charge >= 0.3 is 5.97 Å². The summed E-state index contributed by atoms with van der Waals surface area (Å²) >= 11 is 1.43. The number of aromatic nitrogens is 1. The fraction of sp³-hybridized carbons (Fsp3) is 0.273. The van der Waals surface area contributed by atoms with E-state index in [-0.39, 0.29) is 12.4 Å². The number of thiazole rings is 1. The zero-order valence-electron chi connectivity index (χ0n) is 9.02. The number of carbonyl (C=O) groups excluding carboxylic acids is 1. The number of furan rings is 1. The molecule has 0 N–H and O–H groups in total. The predicted molar refractivity (Wildman–Crippen MR) is 60.3 cm³/mol. The number of rotatable bonds is 3. The lowest BCUT2D eigenvalue weighted by Crippen LogP contribution is -2.03. The Labute approximate surface area is 96.9 Å². The average molecular weight is 237 g/mol. The molecule has 0 atom stereocenters. The third-order valence-corrected chi connectivity index (χ3v) is 2.92. The van der Waals surface area contributed by atoms with E-state index in [1.54, 1.807) is 0 Å². The summed E-state index contributed by atoms with van der Waals surface area (Å²) in [6.07, 6.45) is 0.209. The minimum Gasteiger partial charge on any atom is -0.469 e. The third-order valence-electron chi connectivity index (χ3n) is 2.07. The lowest BCUT2D eigenvalue weighted by molar-refractivity contribution is -0.139. The van der Waals surface area contributed by atoms with Gasteiger partial charge in [0.1, 0.15) is 16.5 Å². The first-order valence-electron chi connectivity index (χ1n) is 4.77. The van der Waals surface area contributed by atoms with Crippen molar-refractivity contribution in [2.75, 3.05) is 7.11 Å². The lowest BCUT2D eigenvalue weighted by atomic mass is 10.3. The Morgan fingerprint density at radius 1 is 1.56 bits per heavy atom. The molecule has 5 heteroatoms. The highest BCUT2D eigenvalue weighted by molar-refractivity contribution is 7.10. The van der Waals surface area contributed by atoms with Crippen molar-refractivity contribution in [2.45, 2.75) is 13.3 Å². The Balaban J connectivity index is 2.16. The highest BCUT2D eigenvalue weighted by Crippen LogP contribution is 2.24. The summed E-state index contributed by atoms with van der Waals surface area (Å²) in [6, 6.07) is 3.75. The maximum Gasteiger partial charge on any atom is 0.312 e. The van der Waals surface area contributed by atoms with Crippen LogP contribution in [0.3, 0.4) is 0 Å². The first-order chi connectivity index (χ1) is 7.69. The Bertz CT molecular complexity index is 501. The minimum absolute atomic E-state index is 0.209. The largest absolute Gasteiger partial charge is 0.469 e. The van der Waals surface area contributed by atoms with E-state index in [2.05, 4.69) is 9.72 Å². The molecule has 84 valence electrons. The van der Waals surface area contributed by atoms with Crippen LogP contribution in [0.25, 0.3) is 11.5 Å². The van der Waals surface area contributed by atoms with Crippen molar-refractivity contribution in [3.63, 3.8) is 0 Å². The zero-order chi connectivity index (χ0) is 11.5. The van der Waals surface area contributed by atoms with Crippen molar-refractivity contribution in [1.82, 2.24) is 4.98 Å². The van der Waals surface area contributed by atoms with Crippen LogP contribution in [-0.2, 0) is 16.0 Å². The summed E-state index contributed by atoms with van der Waals surface area (Å²) in [6.45, 7) is 1.88. The highest BCUT2D eigenvalue weighted by atomic mass is 32.1. The second kappa shape index (κ2) is 4.49. The molecule has 0 radical (unpaired) electrons. The Morgan fingerprint density at radius 2 is 2.38 bits per heavy atom. The summed E-state index contributed by atoms with van der Waals surface area (Å²) in [5, 5.41) is 2.60. The molecule has 0 spiro atoms. The van der Waals surface area contributed by atoms with E-state index in [1.807, 2.05) is 24.4 Å². The fourth-order valence-electron chi connectivity index (χ4n) is 1.27.